The molecule has 0 aliphatic heterocycles. The summed E-state index contributed by atoms with van der Waals surface area (Å²) in [4.78, 5) is 0. The molecule has 0 N–H and O–H groups in total. The van der Waals surface area contributed by atoms with E-state index in [4.69, 9.17) is 0 Å². The van der Waals surface area contributed by atoms with Crippen LogP contribution in [0.25, 0.3) is 11.1 Å². The highest BCUT2D eigenvalue weighted by atomic mass is 19.3. The first kappa shape index (κ1) is 26.9. The molecule has 0 bridgehead atoms. The SMILES string of the molecule is CCCCCCC1CCC2CC(c3ccc(-c4ccc(OC(F)(F)C(F)F)cc4)c(F)c3)CCC2C1. The predicted molar refractivity (Wildman–Crippen MR) is 133 cm³/mol. The van der Waals surface area contributed by atoms with Crippen LogP contribution in [0.15, 0.2) is 42.5 Å². The zero-order chi connectivity index (χ0) is 25.7. The highest BCUT2D eigenvalue weighted by molar-refractivity contribution is 5.65. The van der Waals surface area contributed by atoms with Crippen molar-refractivity contribution in [3.8, 4) is 16.9 Å². The Labute approximate surface area is 211 Å². The summed E-state index contributed by atoms with van der Waals surface area (Å²) < 4.78 is 70.1. The molecule has 2 fully saturated rings. The number of alkyl halides is 4. The molecule has 2 aromatic rings. The Balaban J connectivity index is 1.34. The molecule has 2 aromatic carbocycles. The van der Waals surface area contributed by atoms with Gasteiger partial charge in [-0.2, -0.15) is 17.6 Å². The van der Waals surface area contributed by atoms with E-state index in [2.05, 4.69) is 11.7 Å². The van der Waals surface area contributed by atoms with Gasteiger partial charge in [0.15, 0.2) is 0 Å². The summed E-state index contributed by atoms with van der Waals surface area (Å²) in [5.74, 6) is 2.04. The van der Waals surface area contributed by atoms with E-state index in [1.807, 2.05) is 6.07 Å². The summed E-state index contributed by atoms with van der Waals surface area (Å²) in [6, 6.07) is 10.4. The number of unbranched alkanes of at least 4 members (excludes halogenated alkanes) is 3. The normalized spacial score (nSPS) is 24.5. The third-order valence-corrected chi connectivity index (χ3v) is 8.33. The Bertz CT molecular complexity index is 974. The van der Waals surface area contributed by atoms with Gasteiger partial charge in [-0.3, -0.25) is 0 Å². The van der Waals surface area contributed by atoms with Gasteiger partial charge in [0.05, 0.1) is 0 Å². The molecule has 2 aliphatic carbocycles. The van der Waals surface area contributed by atoms with Crippen molar-refractivity contribution in [3.63, 3.8) is 0 Å². The summed E-state index contributed by atoms with van der Waals surface area (Å²) >= 11 is 0. The first-order chi connectivity index (χ1) is 17.3. The molecule has 198 valence electrons. The summed E-state index contributed by atoms with van der Waals surface area (Å²) in [7, 11) is 0. The Kier molecular flexibility index (Phi) is 8.95. The molecule has 2 aliphatic rings. The zero-order valence-corrected chi connectivity index (χ0v) is 21.0. The van der Waals surface area contributed by atoms with Crippen molar-refractivity contribution in [3.05, 3.63) is 53.8 Å². The maximum atomic E-state index is 15.1. The van der Waals surface area contributed by atoms with Gasteiger partial charge in [0.25, 0.3) is 0 Å². The molecule has 2 saturated carbocycles. The van der Waals surface area contributed by atoms with Gasteiger partial charge in [0.1, 0.15) is 11.6 Å². The number of ether oxygens (including phenoxy) is 1. The van der Waals surface area contributed by atoms with Crippen LogP contribution in [0.4, 0.5) is 22.0 Å². The van der Waals surface area contributed by atoms with E-state index in [0.717, 1.165) is 48.3 Å². The molecule has 6 heteroatoms. The molecule has 4 atom stereocenters. The van der Waals surface area contributed by atoms with Crippen molar-refractivity contribution >= 4 is 0 Å². The van der Waals surface area contributed by atoms with Crippen LogP contribution in [0.2, 0.25) is 0 Å². The molecule has 0 radical (unpaired) electrons. The first-order valence-corrected chi connectivity index (χ1v) is 13.5. The molecule has 0 heterocycles. The smallest absolute Gasteiger partial charge is 0.428 e. The van der Waals surface area contributed by atoms with Crippen molar-refractivity contribution in [2.24, 2.45) is 17.8 Å². The highest BCUT2D eigenvalue weighted by Crippen LogP contribution is 2.48. The van der Waals surface area contributed by atoms with Gasteiger partial charge in [-0.25, -0.2) is 4.39 Å². The molecular weight excluding hydrogens is 471 g/mol. The lowest BCUT2D eigenvalue weighted by molar-refractivity contribution is -0.253. The molecule has 0 amide bonds. The fourth-order valence-corrected chi connectivity index (χ4v) is 6.33. The second-order valence-corrected chi connectivity index (χ2v) is 10.8. The number of benzene rings is 2. The highest BCUT2D eigenvalue weighted by Gasteiger charge is 2.44. The number of fused-ring (bicyclic) bond motifs is 1. The van der Waals surface area contributed by atoms with Gasteiger partial charge in [-0.15, -0.1) is 0 Å². The lowest BCUT2D eigenvalue weighted by atomic mass is 9.63. The minimum absolute atomic E-state index is 0.350. The molecule has 0 aromatic heterocycles. The van der Waals surface area contributed by atoms with Crippen LogP contribution in [0.3, 0.4) is 0 Å². The molecule has 0 spiro atoms. The van der Waals surface area contributed by atoms with Gasteiger partial charge in [-0.05, 0) is 85.1 Å². The van der Waals surface area contributed by atoms with E-state index >= 15 is 4.39 Å². The first-order valence-electron chi connectivity index (χ1n) is 13.5. The van der Waals surface area contributed by atoms with Crippen LogP contribution in [0.1, 0.15) is 89.0 Å². The van der Waals surface area contributed by atoms with E-state index < -0.39 is 18.3 Å². The van der Waals surface area contributed by atoms with E-state index in [0.29, 0.717) is 17.0 Å². The van der Waals surface area contributed by atoms with Crippen LogP contribution in [-0.4, -0.2) is 12.5 Å². The maximum absolute atomic E-state index is 15.1. The van der Waals surface area contributed by atoms with Gasteiger partial charge in [0.2, 0.25) is 0 Å². The fourth-order valence-electron chi connectivity index (χ4n) is 6.33. The van der Waals surface area contributed by atoms with Crippen LogP contribution < -0.4 is 4.74 Å². The third-order valence-electron chi connectivity index (χ3n) is 8.33. The van der Waals surface area contributed by atoms with E-state index in [-0.39, 0.29) is 5.82 Å². The lowest BCUT2D eigenvalue weighted by Crippen LogP contribution is -2.33. The molecule has 1 nitrogen and oxygen atoms in total. The van der Waals surface area contributed by atoms with Crippen molar-refractivity contribution in [1.29, 1.82) is 0 Å². The van der Waals surface area contributed by atoms with Crippen molar-refractivity contribution in [1.82, 2.24) is 0 Å². The Morgan fingerprint density at radius 1 is 0.889 bits per heavy atom. The maximum Gasteiger partial charge on any atom is 0.461 e. The Morgan fingerprint density at radius 3 is 2.31 bits per heavy atom. The largest absolute Gasteiger partial charge is 0.461 e. The summed E-state index contributed by atoms with van der Waals surface area (Å²) in [6.45, 7) is 2.25. The van der Waals surface area contributed by atoms with Gasteiger partial charge < -0.3 is 4.74 Å². The average Bonchev–Trinajstić information content (AvgIpc) is 2.86. The minimum Gasteiger partial charge on any atom is -0.428 e. The van der Waals surface area contributed by atoms with Crippen LogP contribution >= 0.6 is 0 Å². The van der Waals surface area contributed by atoms with Crippen molar-refractivity contribution in [2.75, 3.05) is 0 Å². The Hall–Kier alpha value is -2.11. The van der Waals surface area contributed by atoms with Gasteiger partial charge in [0, 0.05) is 5.56 Å². The molecule has 0 saturated heterocycles. The quantitative estimate of drug-likeness (QED) is 0.229. The number of hydrogen-bond donors (Lipinski definition) is 0. The topological polar surface area (TPSA) is 9.23 Å². The number of hydrogen-bond acceptors (Lipinski definition) is 1. The predicted octanol–water partition coefficient (Wildman–Crippen LogP) is 10.00. The fraction of sp³-hybridized carbons (Fsp3) is 0.600. The molecule has 4 rings (SSSR count). The van der Waals surface area contributed by atoms with Crippen molar-refractivity contribution in [2.45, 2.75) is 96.0 Å². The molecule has 36 heavy (non-hydrogen) atoms. The average molecular weight is 509 g/mol. The van der Waals surface area contributed by atoms with E-state index in [1.165, 1.54) is 69.9 Å². The second kappa shape index (κ2) is 12.0. The lowest BCUT2D eigenvalue weighted by Gasteiger charge is -2.42. The van der Waals surface area contributed by atoms with Crippen molar-refractivity contribution < 1.29 is 26.7 Å². The van der Waals surface area contributed by atoms with Gasteiger partial charge >= 0.3 is 12.5 Å². The second-order valence-electron chi connectivity index (χ2n) is 10.8. The minimum atomic E-state index is -4.57. The summed E-state index contributed by atoms with van der Waals surface area (Å²) in [6.07, 6.45) is 5.64. The van der Waals surface area contributed by atoms with Crippen LogP contribution in [0.5, 0.6) is 5.75 Å². The third kappa shape index (κ3) is 6.60. The standard InChI is InChI=1S/C30H37F5O/c1-2-3-4-5-6-20-7-8-23-18-24(10-9-22(23)17-20)25-13-16-27(28(31)19-25)21-11-14-26(15-12-21)36-30(34,35)29(32)33/h11-16,19-20,22-24,29H,2-10,17-18H2,1H3. The number of halogens is 5. The van der Waals surface area contributed by atoms with E-state index in [1.54, 1.807) is 12.1 Å². The van der Waals surface area contributed by atoms with Crippen LogP contribution in [0, 0.1) is 23.6 Å². The Morgan fingerprint density at radius 2 is 1.61 bits per heavy atom. The summed E-state index contributed by atoms with van der Waals surface area (Å²) in [5, 5.41) is 0. The molecule has 4 unspecified atom stereocenters. The zero-order valence-electron chi connectivity index (χ0n) is 21.0. The summed E-state index contributed by atoms with van der Waals surface area (Å²) in [5.41, 5.74) is 1.85. The van der Waals surface area contributed by atoms with Gasteiger partial charge in [-0.1, -0.05) is 69.7 Å². The van der Waals surface area contributed by atoms with Crippen LogP contribution in [-0.2, 0) is 0 Å². The number of rotatable bonds is 10. The molecular formula is C30H37F5O. The monoisotopic (exact) mass is 508 g/mol. The van der Waals surface area contributed by atoms with E-state index in [9.17, 15) is 17.6 Å².